The van der Waals surface area contributed by atoms with Gasteiger partial charge in [-0.05, 0) is 18.6 Å². The minimum Gasteiger partial charge on any atom is -0.445 e. The van der Waals surface area contributed by atoms with Gasteiger partial charge in [-0.2, -0.15) is 0 Å². The van der Waals surface area contributed by atoms with Crippen LogP contribution in [0.2, 0.25) is 0 Å². The van der Waals surface area contributed by atoms with E-state index in [-0.39, 0.29) is 24.3 Å². The van der Waals surface area contributed by atoms with Gasteiger partial charge in [0.25, 0.3) is 5.91 Å². The van der Waals surface area contributed by atoms with Crippen LogP contribution in [0.4, 0.5) is 0 Å². The predicted octanol–water partition coefficient (Wildman–Crippen LogP) is 1.49. The quantitative estimate of drug-likeness (QED) is 0.898. The van der Waals surface area contributed by atoms with Crippen molar-refractivity contribution in [3.05, 3.63) is 53.2 Å². The largest absolute Gasteiger partial charge is 0.445 e. The molecule has 1 atom stereocenters. The number of amides is 2. The van der Waals surface area contributed by atoms with Crippen LogP contribution in [0.1, 0.15) is 40.0 Å². The van der Waals surface area contributed by atoms with Gasteiger partial charge < -0.3 is 19.4 Å². The molecule has 3 heterocycles. The number of carbonyl (C=O) groups excluding carboxylic acids is 2. The lowest BCUT2D eigenvalue weighted by Crippen LogP contribution is -2.42. The maximum atomic E-state index is 12.4. The van der Waals surface area contributed by atoms with Crippen LogP contribution in [-0.4, -0.2) is 48.0 Å². The monoisotopic (exact) mass is 355 g/mol. The van der Waals surface area contributed by atoms with Crippen molar-refractivity contribution in [3.63, 3.8) is 0 Å². The Morgan fingerprint density at radius 1 is 1.27 bits per heavy atom. The number of hydrogen-bond donors (Lipinski definition) is 1. The Morgan fingerprint density at radius 3 is 2.88 bits per heavy atom. The van der Waals surface area contributed by atoms with Crippen LogP contribution in [0, 0.1) is 0 Å². The number of hydrogen-bond acceptors (Lipinski definition) is 5. The minimum atomic E-state index is -0.249. The zero-order chi connectivity index (χ0) is 17.9. The molecule has 1 unspecified atom stereocenters. The van der Waals surface area contributed by atoms with Crippen LogP contribution in [-0.2, 0) is 22.5 Å². The van der Waals surface area contributed by atoms with Crippen molar-refractivity contribution in [2.45, 2.75) is 25.3 Å². The molecule has 26 heavy (non-hydrogen) atoms. The first-order chi connectivity index (χ1) is 12.7. The molecule has 7 heteroatoms. The van der Waals surface area contributed by atoms with E-state index < -0.39 is 0 Å². The molecule has 0 bridgehead atoms. The molecule has 0 aliphatic carbocycles. The summed E-state index contributed by atoms with van der Waals surface area (Å²) < 4.78 is 11.3. The van der Waals surface area contributed by atoms with Crippen LogP contribution < -0.4 is 5.32 Å². The number of ether oxygens (including phenoxy) is 1. The van der Waals surface area contributed by atoms with Crippen molar-refractivity contribution in [2.75, 3.05) is 26.3 Å². The lowest BCUT2D eigenvalue weighted by Gasteiger charge is -2.25. The highest BCUT2D eigenvalue weighted by Crippen LogP contribution is 2.28. The van der Waals surface area contributed by atoms with Gasteiger partial charge in [0, 0.05) is 25.1 Å². The second-order valence-electron chi connectivity index (χ2n) is 6.60. The summed E-state index contributed by atoms with van der Waals surface area (Å²) >= 11 is 0. The number of fused-ring (bicyclic) bond motifs is 1. The molecule has 0 spiro atoms. The van der Waals surface area contributed by atoms with E-state index in [4.69, 9.17) is 9.15 Å². The highest BCUT2D eigenvalue weighted by atomic mass is 16.5. The fraction of sp³-hybridized carbons (Fsp3) is 0.421. The molecule has 2 aromatic rings. The molecular weight excluding hydrogens is 334 g/mol. The highest BCUT2D eigenvalue weighted by molar-refractivity contribution is 5.96. The van der Waals surface area contributed by atoms with E-state index >= 15 is 0 Å². The Balaban J connectivity index is 1.34. The Labute approximate surface area is 151 Å². The predicted molar refractivity (Wildman–Crippen MR) is 92.6 cm³/mol. The molecule has 1 aromatic carbocycles. The third-order valence-electron chi connectivity index (χ3n) is 4.81. The highest BCUT2D eigenvalue weighted by Gasteiger charge is 2.29. The average molecular weight is 355 g/mol. The molecule has 1 N–H and O–H groups in total. The summed E-state index contributed by atoms with van der Waals surface area (Å²) in [5.41, 5.74) is 1.36. The molecule has 1 saturated heterocycles. The van der Waals surface area contributed by atoms with Crippen LogP contribution in [0.5, 0.6) is 0 Å². The fourth-order valence-electron chi connectivity index (χ4n) is 3.29. The van der Waals surface area contributed by atoms with Crippen LogP contribution in [0.25, 0.3) is 0 Å². The molecule has 2 amide bonds. The van der Waals surface area contributed by atoms with Crippen LogP contribution >= 0.6 is 0 Å². The summed E-state index contributed by atoms with van der Waals surface area (Å²) in [6.07, 6.45) is 1.57. The van der Waals surface area contributed by atoms with E-state index in [0.717, 1.165) is 30.4 Å². The minimum absolute atomic E-state index is 0.0236. The smallest absolute Gasteiger partial charge is 0.251 e. The van der Waals surface area contributed by atoms with Gasteiger partial charge in [0.05, 0.1) is 25.6 Å². The van der Waals surface area contributed by atoms with E-state index in [1.165, 1.54) is 0 Å². The summed E-state index contributed by atoms with van der Waals surface area (Å²) in [6.45, 7) is 2.36. The number of benzene rings is 1. The Kier molecular flexibility index (Phi) is 4.71. The maximum absolute atomic E-state index is 12.4. The lowest BCUT2D eigenvalue weighted by atomic mass is 10.1. The second-order valence-corrected chi connectivity index (χ2v) is 6.60. The van der Waals surface area contributed by atoms with Gasteiger partial charge in [0.15, 0.2) is 5.89 Å². The van der Waals surface area contributed by atoms with Crippen molar-refractivity contribution in [2.24, 2.45) is 0 Å². The van der Waals surface area contributed by atoms with Gasteiger partial charge in [-0.25, -0.2) is 4.98 Å². The van der Waals surface area contributed by atoms with Crippen molar-refractivity contribution in [3.8, 4) is 0 Å². The molecule has 2 aliphatic rings. The zero-order valence-corrected chi connectivity index (χ0v) is 14.4. The molecule has 0 radical (unpaired) electrons. The summed E-state index contributed by atoms with van der Waals surface area (Å²) in [5.74, 6) is 1.44. The molecule has 1 aromatic heterocycles. The van der Waals surface area contributed by atoms with Crippen LogP contribution in [0.15, 0.2) is 34.7 Å². The number of nitrogens with one attached hydrogen (secondary N) is 1. The van der Waals surface area contributed by atoms with Gasteiger partial charge in [-0.3, -0.25) is 9.59 Å². The van der Waals surface area contributed by atoms with Gasteiger partial charge in [0.1, 0.15) is 11.5 Å². The van der Waals surface area contributed by atoms with E-state index in [1.807, 2.05) is 6.07 Å². The topological polar surface area (TPSA) is 84.7 Å². The Bertz CT molecular complexity index is 796. The molecular formula is C19H21N3O4. The number of nitrogens with zero attached hydrogens (tertiary/aromatic N) is 2. The Morgan fingerprint density at radius 2 is 2.12 bits per heavy atom. The van der Waals surface area contributed by atoms with Crippen molar-refractivity contribution >= 4 is 11.8 Å². The van der Waals surface area contributed by atoms with Crippen LogP contribution in [0.3, 0.4) is 0 Å². The average Bonchev–Trinajstić information content (AvgIpc) is 3.35. The number of rotatable bonds is 4. The first-order valence-corrected chi connectivity index (χ1v) is 8.88. The second kappa shape index (κ2) is 7.29. The fourth-order valence-corrected chi connectivity index (χ4v) is 3.29. The van der Waals surface area contributed by atoms with Crippen molar-refractivity contribution in [1.82, 2.24) is 15.2 Å². The standard InChI is InChI=1S/C19H21N3O4/c23-17(10-20-18(24)13-4-2-1-3-5-13)22-8-6-16-15(11-22)21-19(26-16)14-7-9-25-12-14/h1-5,14H,6-12H2,(H,20,24). The first-order valence-electron chi connectivity index (χ1n) is 8.88. The van der Waals surface area contributed by atoms with E-state index in [9.17, 15) is 9.59 Å². The molecule has 2 aliphatic heterocycles. The van der Waals surface area contributed by atoms with Gasteiger partial charge >= 0.3 is 0 Å². The number of carbonyl (C=O) groups is 2. The van der Waals surface area contributed by atoms with Crippen molar-refractivity contribution < 1.29 is 18.7 Å². The van der Waals surface area contributed by atoms with Gasteiger partial charge in [0.2, 0.25) is 5.91 Å². The van der Waals surface area contributed by atoms with E-state index in [1.54, 1.807) is 29.2 Å². The van der Waals surface area contributed by atoms with Gasteiger partial charge in [-0.1, -0.05) is 18.2 Å². The van der Waals surface area contributed by atoms with E-state index in [2.05, 4.69) is 10.3 Å². The lowest BCUT2D eigenvalue weighted by molar-refractivity contribution is -0.131. The zero-order valence-electron chi connectivity index (χ0n) is 14.4. The Hall–Kier alpha value is -2.67. The summed E-state index contributed by atoms with van der Waals surface area (Å²) in [6, 6.07) is 8.87. The van der Waals surface area contributed by atoms with E-state index in [0.29, 0.717) is 31.7 Å². The van der Waals surface area contributed by atoms with Crippen molar-refractivity contribution in [1.29, 1.82) is 0 Å². The molecule has 4 rings (SSSR count). The maximum Gasteiger partial charge on any atom is 0.251 e. The number of aromatic nitrogens is 1. The molecule has 7 nitrogen and oxygen atoms in total. The summed E-state index contributed by atoms with van der Waals surface area (Å²) in [4.78, 5) is 30.8. The number of oxazole rings is 1. The molecule has 1 fully saturated rings. The third kappa shape index (κ3) is 3.48. The molecule has 0 saturated carbocycles. The first kappa shape index (κ1) is 16.8. The van der Waals surface area contributed by atoms with Gasteiger partial charge in [-0.15, -0.1) is 0 Å². The third-order valence-corrected chi connectivity index (χ3v) is 4.81. The molecule has 136 valence electrons. The normalized spacial score (nSPS) is 19.2. The summed E-state index contributed by atoms with van der Waals surface area (Å²) in [7, 11) is 0. The SMILES string of the molecule is O=C(NCC(=O)N1CCc2oc(C3CCOC3)nc2C1)c1ccccc1. The summed E-state index contributed by atoms with van der Waals surface area (Å²) in [5, 5.41) is 2.68.